The van der Waals surface area contributed by atoms with Crippen LogP contribution in [-0.2, 0) is 4.79 Å². The minimum Gasteiger partial charge on any atom is -0.496 e. The van der Waals surface area contributed by atoms with E-state index >= 15 is 0 Å². The van der Waals surface area contributed by atoms with E-state index in [2.05, 4.69) is 0 Å². The van der Waals surface area contributed by atoms with Crippen LogP contribution in [0.4, 0.5) is 4.39 Å². The summed E-state index contributed by atoms with van der Waals surface area (Å²) in [5, 5.41) is 0. The molecule has 0 saturated carbocycles. The normalized spacial score (nSPS) is 13.6. The molecule has 0 bridgehead atoms. The van der Waals surface area contributed by atoms with Crippen LogP contribution >= 0.6 is 11.8 Å². The van der Waals surface area contributed by atoms with Crippen LogP contribution in [0.1, 0.15) is 18.4 Å². The molecular weight excluding hydrogens is 405 g/mol. The van der Waals surface area contributed by atoms with Gasteiger partial charge in [-0.15, -0.1) is 11.8 Å². The van der Waals surface area contributed by atoms with Gasteiger partial charge in [-0.1, -0.05) is 18.2 Å². The number of hydrogen-bond donors (Lipinski definition) is 0. The summed E-state index contributed by atoms with van der Waals surface area (Å²) in [7, 11) is 4.83. The van der Waals surface area contributed by atoms with E-state index in [9.17, 15) is 9.18 Å². The number of rotatable bonds is 8. The Hall–Kier alpha value is -2.67. The van der Waals surface area contributed by atoms with E-state index in [1.165, 1.54) is 17.8 Å². The molecule has 0 radical (unpaired) electrons. The Morgan fingerprint density at radius 1 is 1.10 bits per heavy atom. The van der Waals surface area contributed by atoms with Crippen LogP contribution in [0, 0.1) is 5.82 Å². The number of benzene rings is 2. The van der Waals surface area contributed by atoms with E-state index in [0.29, 0.717) is 53.8 Å². The Morgan fingerprint density at radius 2 is 1.80 bits per heavy atom. The molecular formula is C23H26FNO4S. The lowest BCUT2D eigenvalue weighted by atomic mass is 9.97. The minimum atomic E-state index is -0.247. The molecule has 0 fully saturated rings. The molecule has 0 unspecified atom stereocenters. The number of ether oxygens (including phenoxy) is 3. The Balaban J connectivity index is 1.63. The molecule has 1 heterocycles. The molecule has 5 nitrogen and oxygen atoms in total. The Labute approximate surface area is 180 Å². The maximum Gasteiger partial charge on any atom is 0.223 e. The van der Waals surface area contributed by atoms with Gasteiger partial charge >= 0.3 is 0 Å². The summed E-state index contributed by atoms with van der Waals surface area (Å²) in [5.41, 5.74) is 1.97. The van der Waals surface area contributed by atoms with Crippen molar-refractivity contribution in [1.82, 2.24) is 4.90 Å². The van der Waals surface area contributed by atoms with Crippen molar-refractivity contribution in [2.75, 3.05) is 40.2 Å². The lowest BCUT2D eigenvalue weighted by Crippen LogP contribution is -2.34. The van der Waals surface area contributed by atoms with Gasteiger partial charge < -0.3 is 19.1 Å². The molecule has 30 heavy (non-hydrogen) atoms. The number of methoxy groups -OCH3 is 3. The molecule has 0 aromatic heterocycles. The van der Waals surface area contributed by atoms with Crippen molar-refractivity contribution in [2.24, 2.45) is 0 Å². The number of amides is 1. The fraction of sp³-hybridized carbons (Fsp3) is 0.348. The van der Waals surface area contributed by atoms with E-state index < -0.39 is 0 Å². The summed E-state index contributed by atoms with van der Waals surface area (Å²) in [4.78, 5) is 15.0. The second-order valence-electron chi connectivity index (χ2n) is 6.75. The van der Waals surface area contributed by atoms with E-state index in [-0.39, 0.29) is 11.7 Å². The highest BCUT2D eigenvalue weighted by Gasteiger charge is 2.23. The van der Waals surface area contributed by atoms with Crippen molar-refractivity contribution in [3.05, 3.63) is 53.9 Å². The number of nitrogens with zero attached hydrogens (tertiary/aromatic N) is 1. The minimum absolute atomic E-state index is 0.0720. The first-order valence-electron chi connectivity index (χ1n) is 9.72. The van der Waals surface area contributed by atoms with Crippen molar-refractivity contribution in [3.63, 3.8) is 0 Å². The third kappa shape index (κ3) is 5.08. The molecule has 2 aromatic carbocycles. The summed E-state index contributed by atoms with van der Waals surface area (Å²) in [5.74, 6) is 2.39. The summed E-state index contributed by atoms with van der Waals surface area (Å²) in [6.45, 7) is 1.14. The first kappa shape index (κ1) is 22.0. The summed E-state index contributed by atoms with van der Waals surface area (Å²) in [6.07, 6.45) is 3.11. The van der Waals surface area contributed by atoms with Crippen LogP contribution in [0.15, 0.2) is 47.4 Å². The highest BCUT2D eigenvalue weighted by atomic mass is 32.2. The zero-order valence-corrected chi connectivity index (χ0v) is 18.3. The van der Waals surface area contributed by atoms with Gasteiger partial charge in [0.05, 0.1) is 26.9 Å². The molecule has 3 rings (SSSR count). The van der Waals surface area contributed by atoms with Crippen LogP contribution < -0.4 is 14.2 Å². The van der Waals surface area contributed by atoms with Crippen molar-refractivity contribution in [2.45, 2.75) is 17.7 Å². The lowest BCUT2D eigenvalue weighted by Gasteiger charge is -2.28. The van der Waals surface area contributed by atoms with Gasteiger partial charge in [-0.25, -0.2) is 4.39 Å². The molecule has 0 saturated heterocycles. The second-order valence-corrected chi connectivity index (χ2v) is 7.89. The molecule has 1 aliphatic rings. The maximum atomic E-state index is 13.7. The van der Waals surface area contributed by atoms with Gasteiger partial charge in [-0.05, 0) is 24.1 Å². The van der Waals surface area contributed by atoms with Crippen molar-refractivity contribution >= 4 is 23.2 Å². The molecule has 0 atom stereocenters. The second kappa shape index (κ2) is 10.4. The Morgan fingerprint density at radius 3 is 2.37 bits per heavy atom. The Kier molecular flexibility index (Phi) is 7.63. The highest BCUT2D eigenvalue weighted by Crippen LogP contribution is 2.40. The first-order chi connectivity index (χ1) is 14.6. The van der Waals surface area contributed by atoms with Crippen LogP contribution in [0.25, 0.3) is 5.57 Å². The van der Waals surface area contributed by atoms with E-state index in [4.69, 9.17) is 14.2 Å². The van der Waals surface area contributed by atoms with Gasteiger partial charge in [-0.3, -0.25) is 4.79 Å². The number of hydrogen-bond acceptors (Lipinski definition) is 5. The number of thioether (sulfide) groups is 1. The third-order valence-electron chi connectivity index (χ3n) is 5.01. The van der Waals surface area contributed by atoms with Gasteiger partial charge in [0.25, 0.3) is 0 Å². The van der Waals surface area contributed by atoms with E-state index in [1.807, 2.05) is 23.1 Å². The van der Waals surface area contributed by atoms with Gasteiger partial charge in [0.2, 0.25) is 5.91 Å². The summed E-state index contributed by atoms with van der Waals surface area (Å²) in [6, 6.07) is 10.3. The lowest BCUT2D eigenvalue weighted by molar-refractivity contribution is -0.130. The number of carbonyl (C=O) groups excluding carboxylic acids is 1. The van der Waals surface area contributed by atoms with Gasteiger partial charge in [-0.2, -0.15) is 0 Å². The molecule has 0 spiro atoms. The average molecular weight is 432 g/mol. The van der Waals surface area contributed by atoms with E-state index in [0.717, 1.165) is 11.1 Å². The SMILES string of the molecule is COc1cc(OC)c(C2=CCN(C(=O)CCSc3ccccc3F)CC2)c(OC)c1. The average Bonchev–Trinajstić information content (AvgIpc) is 2.79. The van der Waals surface area contributed by atoms with Crippen LogP contribution in [0.5, 0.6) is 17.2 Å². The zero-order chi connectivity index (χ0) is 21.5. The molecule has 1 amide bonds. The smallest absolute Gasteiger partial charge is 0.223 e. The van der Waals surface area contributed by atoms with E-state index in [1.54, 1.807) is 39.5 Å². The summed E-state index contributed by atoms with van der Waals surface area (Å²) < 4.78 is 30.1. The van der Waals surface area contributed by atoms with Crippen LogP contribution in [0.2, 0.25) is 0 Å². The van der Waals surface area contributed by atoms with Gasteiger partial charge in [0.1, 0.15) is 23.1 Å². The fourth-order valence-corrected chi connectivity index (χ4v) is 4.29. The van der Waals surface area contributed by atoms with Gasteiger partial charge in [0.15, 0.2) is 0 Å². The molecule has 1 aliphatic heterocycles. The monoisotopic (exact) mass is 431 g/mol. The Bertz CT molecular complexity index is 906. The van der Waals surface area contributed by atoms with Crippen LogP contribution in [0.3, 0.4) is 0 Å². The van der Waals surface area contributed by atoms with Gasteiger partial charge in [0, 0.05) is 42.3 Å². The molecule has 160 valence electrons. The fourth-order valence-electron chi connectivity index (χ4n) is 3.41. The predicted octanol–water partition coefficient (Wildman–Crippen LogP) is 4.65. The maximum absolute atomic E-state index is 13.7. The zero-order valence-electron chi connectivity index (χ0n) is 17.4. The van der Waals surface area contributed by atoms with Crippen molar-refractivity contribution in [1.29, 1.82) is 0 Å². The standard InChI is InChI=1S/C23H26FNO4S/c1-27-17-14-19(28-2)23(20(15-17)29-3)16-8-11-25(12-9-16)22(26)10-13-30-21-7-5-4-6-18(21)24/h4-8,14-15H,9-13H2,1-3H3. The summed E-state index contributed by atoms with van der Waals surface area (Å²) >= 11 is 1.37. The van der Waals surface area contributed by atoms with Crippen molar-refractivity contribution < 1.29 is 23.4 Å². The molecule has 7 heteroatoms. The number of carbonyl (C=O) groups is 1. The predicted molar refractivity (Wildman–Crippen MR) is 117 cm³/mol. The topological polar surface area (TPSA) is 48.0 Å². The van der Waals surface area contributed by atoms with Crippen LogP contribution in [-0.4, -0.2) is 51.0 Å². The first-order valence-corrected chi connectivity index (χ1v) is 10.7. The van der Waals surface area contributed by atoms with Crippen molar-refractivity contribution in [3.8, 4) is 17.2 Å². The molecule has 2 aromatic rings. The highest BCUT2D eigenvalue weighted by molar-refractivity contribution is 7.99. The molecule has 0 aliphatic carbocycles. The molecule has 0 N–H and O–H groups in total. The number of halogens is 1. The quantitative estimate of drug-likeness (QED) is 0.570. The largest absolute Gasteiger partial charge is 0.496 e. The third-order valence-corrected chi connectivity index (χ3v) is 6.06.